The number of ether oxygens (including phenoxy) is 1. The highest BCUT2D eigenvalue weighted by Gasteiger charge is 2.40. The molecule has 0 saturated carbocycles. The predicted molar refractivity (Wildman–Crippen MR) is 60.7 cm³/mol. The minimum atomic E-state index is -0.299. The lowest BCUT2D eigenvalue weighted by molar-refractivity contribution is 0.102. The van der Waals surface area contributed by atoms with E-state index in [9.17, 15) is 4.39 Å². The van der Waals surface area contributed by atoms with E-state index in [1.165, 1.54) is 18.6 Å². The molecule has 3 N–H and O–H groups in total. The molecule has 3 nitrogen and oxygen atoms in total. The third kappa shape index (κ3) is 1.63. The van der Waals surface area contributed by atoms with Gasteiger partial charge in [0, 0.05) is 0 Å². The third-order valence-corrected chi connectivity index (χ3v) is 3.46. The molecule has 4 heteroatoms. The van der Waals surface area contributed by atoms with Crippen molar-refractivity contribution < 1.29 is 9.13 Å². The number of nitrogens with two attached hydrogens (primary N) is 1. The lowest BCUT2D eigenvalue weighted by Gasteiger charge is -2.22. The van der Waals surface area contributed by atoms with Crippen LogP contribution in [0.15, 0.2) is 18.2 Å². The number of rotatable bonds is 2. The largest absolute Gasteiger partial charge is 0.397 e. The maximum Gasteiger partial charge on any atom is 0.125 e. The van der Waals surface area contributed by atoms with Crippen molar-refractivity contribution in [2.75, 3.05) is 11.1 Å². The molecule has 2 saturated heterocycles. The molecule has 2 bridgehead atoms. The van der Waals surface area contributed by atoms with E-state index in [2.05, 4.69) is 5.32 Å². The van der Waals surface area contributed by atoms with Gasteiger partial charge in [-0.15, -0.1) is 0 Å². The molecule has 2 aliphatic rings. The monoisotopic (exact) mass is 222 g/mol. The van der Waals surface area contributed by atoms with Gasteiger partial charge < -0.3 is 15.8 Å². The van der Waals surface area contributed by atoms with Gasteiger partial charge in [-0.1, -0.05) is 0 Å². The zero-order valence-corrected chi connectivity index (χ0v) is 8.95. The Kier molecular flexibility index (Phi) is 2.24. The molecule has 86 valence electrons. The normalized spacial score (nSPS) is 31.9. The average molecular weight is 222 g/mol. The summed E-state index contributed by atoms with van der Waals surface area (Å²) in [5.41, 5.74) is 7.02. The van der Waals surface area contributed by atoms with Gasteiger partial charge in [-0.25, -0.2) is 4.39 Å². The first-order chi connectivity index (χ1) is 7.72. The minimum absolute atomic E-state index is 0.299. The Labute approximate surface area is 93.8 Å². The van der Waals surface area contributed by atoms with E-state index >= 15 is 0 Å². The molecule has 0 aliphatic carbocycles. The number of anilines is 2. The van der Waals surface area contributed by atoms with Crippen LogP contribution >= 0.6 is 0 Å². The van der Waals surface area contributed by atoms with Crippen molar-refractivity contribution in [2.24, 2.45) is 0 Å². The van der Waals surface area contributed by atoms with E-state index in [0.717, 1.165) is 18.5 Å². The Bertz CT molecular complexity index is 410. The van der Waals surface area contributed by atoms with E-state index in [1.807, 2.05) is 0 Å². The van der Waals surface area contributed by atoms with Gasteiger partial charge in [0.25, 0.3) is 0 Å². The minimum Gasteiger partial charge on any atom is -0.397 e. The summed E-state index contributed by atoms with van der Waals surface area (Å²) in [6.07, 6.45) is 4.02. The quantitative estimate of drug-likeness (QED) is 0.754. The molecule has 3 unspecified atom stereocenters. The maximum atomic E-state index is 12.9. The fraction of sp³-hybridized carbons (Fsp3) is 0.500. The lowest BCUT2D eigenvalue weighted by atomic mass is 9.95. The van der Waals surface area contributed by atoms with Gasteiger partial charge in [-0.05, 0) is 37.5 Å². The summed E-state index contributed by atoms with van der Waals surface area (Å²) in [7, 11) is 0. The smallest absolute Gasteiger partial charge is 0.125 e. The maximum absolute atomic E-state index is 12.9. The van der Waals surface area contributed by atoms with Gasteiger partial charge >= 0.3 is 0 Å². The molecule has 16 heavy (non-hydrogen) atoms. The van der Waals surface area contributed by atoms with Crippen LogP contribution in [0.5, 0.6) is 0 Å². The Morgan fingerprint density at radius 1 is 1.38 bits per heavy atom. The second kappa shape index (κ2) is 3.63. The van der Waals surface area contributed by atoms with Crippen LogP contribution in [-0.4, -0.2) is 18.2 Å². The summed E-state index contributed by atoms with van der Waals surface area (Å²) in [6, 6.07) is 4.78. The number of hydrogen-bond acceptors (Lipinski definition) is 3. The number of benzene rings is 1. The average Bonchev–Trinajstić information content (AvgIpc) is 2.84. The Hall–Kier alpha value is -1.29. The second-order valence-electron chi connectivity index (χ2n) is 4.59. The van der Waals surface area contributed by atoms with Crippen LogP contribution in [0.2, 0.25) is 0 Å². The molecular weight excluding hydrogens is 207 g/mol. The van der Waals surface area contributed by atoms with Gasteiger partial charge in [0.2, 0.25) is 0 Å². The van der Waals surface area contributed by atoms with Crippen molar-refractivity contribution in [3.8, 4) is 0 Å². The van der Waals surface area contributed by atoms with Crippen LogP contribution in [0, 0.1) is 5.82 Å². The van der Waals surface area contributed by atoms with Crippen molar-refractivity contribution in [1.29, 1.82) is 0 Å². The highest BCUT2D eigenvalue weighted by atomic mass is 19.1. The predicted octanol–water partition coefficient (Wildman–Crippen LogP) is 2.14. The van der Waals surface area contributed by atoms with E-state index in [0.29, 0.717) is 23.9 Å². The van der Waals surface area contributed by atoms with Gasteiger partial charge in [-0.3, -0.25) is 0 Å². The molecule has 3 rings (SSSR count). The first-order valence-electron chi connectivity index (χ1n) is 5.69. The zero-order valence-electron chi connectivity index (χ0n) is 8.95. The van der Waals surface area contributed by atoms with Crippen LogP contribution in [0.25, 0.3) is 0 Å². The molecule has 3 atom stereocenters. The van der Waals surface area contributed by atoms with Crippen LogP contribution in [0.4, 0.5) is 15.8 Å². The summed E-state index contributed by atoms with van der Waals surface area (Å²) >= 11 is 0. The topological polar surface area (TPSA) is 47.3 Å². The van der Waals surface area contributed by atoms with E-state index in [4.69, 9.17) is 10.5 Å². The first kappa shape index (κ1) is 9.90. The Morgan fingerprint density at radius 2 is 2.25 bits per heavy atom. The van der Waals surface area contributed by atoms with Crippen molar-refractivity contribution in [3.05, 3.63) is 24.0 Å². The highest BCUT2D eigenvalue weighted by molar-refractivity contribution is 5.66. The van der Waals surface area contributed by atoms with Crippen LogP contribution in [0.1, 0.15) is 19.3 Å². The van der Waals surface area contributed by atoms with E-state index in [1.54, 1.807) is 6.07 Å². The summed E-state index contributed by atoms with van der Waals surface area (Å²) in [6.45, 7) is 0. The third-order valence-electron chi connectivity index (χ3n) is 3.46. The first-order valence-corrected chi connectivity index (χ1v) is 5.69. The summed E-state index contributed by atoms with van der Waals surface area (Å²) in [5.74, 6) is -0.299. The molecule has 0 radical (unpaired) electrons. The lowest BCUT2D eigenvalue weighted by Crippen LogP contribution is -2.30. The number of nitrogen functional groups attached to an aromatic ring is 1. The number of halogens is 1. The van der Waals surface area contributed by atoms with Gasteiger partial charge in [0.05, 0.1) is 29.6 Å². The Morgan fingerprint density at radius 3 is 2.88 bits per heavy atom. The van der Waals surface area contributed by atoms with Crippen LogP contribution < -0.4 is 11.1 Å². The molecular formula is C12H15FN2O. The number of hydrogen-bond donors (Lipinski definition) is 2. The highest BCUT2D eigenvalue weighted by Crippen LogP contribution is 2.36. The zero-order chi connectivity index (χ0) is 11.1. The van der Waals surface area contributed by atoms with Crippen molar-refractivity contribution >= 4 is 11.4 Å². The van der Waals surface area contributed by atoms with Crippen LogP contribution in [-0.2, 0) is 4.74 Å². The van der Waals surface area contributed by atoms with Crippen molar-refractivity contribution in [1.82, 2.24) is 0 Å². The fourth-order valence-corrected chi connectivity index (χ4v) is 2.65. The fourth-order valence-electron chi connectivity index (χ4n) is 2.65. The molecule has 0 spiro atoms. The molecule has 1 aromatic carbocycles. The number of nitrogens with one attached hydrogen (secondary N) is 1. The molecule has 1 aromatic rings. The molecule has 2 heterocycles. The van der Waals surface area contributed by atoms with Crippen LogP contribution in [0.3, 0.4) is 0 Å². The molecule has 2 fully saturated rings. The van der Waals surface area contributed by atoms with Gasteiger partial charge in [0.1, 0.15) is 5.82 Å². The van der Waals surface area contributed by atoms with Gasteiger partial charge in [0.15, 0.2) is 0 Å². The number of fused-ring (bicyclic) bond motifs is 2. The standard InChI is InChI=1S/C12H15FN2O/c13-7-1-3-10(9(14)5-7)15-11-6-8-2-4-12(11)16-8/h1,3,5,8,11-12,15H,2,4,6,14H2. The van der Waals surface area contributed by atoms with Crippen molar-refractivity contribution in [2.45, 2.75) is 37.5 Å². The van der Waals surface area contributed by atoms with E-state index < -0.39 is 0 Å². The SMILES string of the molecule is Nc1cc(F)ccc1NC1CC2CCC1O2. The molecule has 0 aromatic heterocycles. The molecule has 0 amide bonds. The Balaban J connectivity index is 1.74. The van der Waals surface area contributed by atoms with Gasteiger partial charge in [-0.2, -0.15) is 0 Å². The summed E-state index contributed by atoms with van der Waals surface area (Å²) in [5, 5.41) is 3.35. The second-order valence-corrected chi connectivity index (χ2v) is 4.59. The summed E-state index contributed by atoms with van der Waals surface area (Å²) in [4.78, 5) is 0. The van der Waals surface area contributed by atoms with E-state index in [-0.39, 0.29) is 5.82 Å². The molecule has 2 aliphatic heterocycles. The summed E-state index contributed by atoms with van der Waals surface area (Å²) < 4.78 is 18.6. The van der Waals surface area contributed by atoms with Crippen molar-refractivity contribution in [3.63, 3.8) is 0 Å².